The summed E-state index contributed by atoms with van der Waals surface area (Å²) in [5.74, 6) is -0.400. The molecule has 0 bridgehead atoms. The molecule has 0 heterocycles. The van der Waals surface area contributed by atoms with Crippen molar-refractivity contribution in [3.63, 3.8) is 0 Å². The van der Waals surface area contributed by atoms with Gasteiger partial charge in [-0.1, -0.05) is 60.7 Å². The molecule has 192 valence electrons. The third kappa shape index (κ3) is 5.90. The highest BCUT2D eigenvalue weighted by molar-refractivity contribution is 5.96. The molecule has 1 aliphatic carbocycles. The van der Waals surface area contributed by atoms with Gasteiger partial charge in [-0.05, 0) is 41.7 Å². The van der Waals surface area contributed by atoms with Crippen molar-refractivity contribution in [2.45, 2.75) is 31.6 Å². The Kier molecular flexibility index (Phi) is 8.05. The van der Waals surface area contributed by atoms with Crippen LogP contribution < -0.4 is 16.4 Å². The number of aliphatic hydroxyl groups is 1. The van der Waals surface area contributed by atoms with Crippen LogP contribution in [0.3, 0.4) is 0 Å². The fraction of sp³-hybridized carbons (Fsp3) is 0.250. The second-order valence-corrected chi connectivity index (χ2v) is 8.84. The van der Waals surface area contributed by atoms with E-state index in [0.717, 1.165) is 22.3 Å². The van der Waals surface area contributed by atoms with E-state index in [1.165, 1.54) is 11.9 Å². The Morgan fingerprint density at radius 1 is 0.973 bits per heavy atom. The van der Waals surface area contributed by atoms with Gasteiger partial charge >= 0.3 is 12.1 Å². The van der Waals surface area contributed by atoms with E-state index in [4.69, 9.17) is 10.5 Å². The minimum Gasteiger partial charge on any atom is -0.436 e. The smallest absolute Gasteiger partial charge is 0.411 e. The number of ether oxygens (including phenoxy) is 1. The molecule has 0 radical (unpaired) electrons. The monoisotopic (exact) mass is 502 g/mol. The zero-order chi connectivity index (χ0) is 26.4. The lowest BCUT2D eigenvalue weighted by Gasteiger charge is -2.28. The van der Waals surface area contributed by atoms with Crippen molar-refractivity contribution < 1.29 is 24.2 Å². The molecular weight excluding hydrogens is 472 g/mol. The molecule has 4 rings (SSSR count). The van der Waals surface area contributed by atoms with E-state index < -0.39 is 30.2 Å². The molecule has 1 atom stereocenters. The molecule has 0 saturated carbocycles. The number of aliphatic hydroxyl groups excluding tert-OH is 1. The summed E-state index contributed by atoms with van der Waals surface area (Å²) in [6.07, 6.45) is -0.551. The number of carbonyl (C=O) groups is 3. The van der Waals surface area contributed by atoms with Crippen molar-refractivity contribution in [3.8, 4) is 11.1 Å². The lowest BCUT2D eigenvalue weighted by Crippen LogP contribution is -2.46. The van der Waals surface area contributed by atoms with Crippen molar-refractivity contribution in [1.29, 1.82) is 0 Å². The summed E-state index contributed by atoms with van der Waals surface area (Å²) in [5, 5.41) is 14.6. The van der Waals surface area contributed by atoms with Gasteiger partial charge in [-0.15, -0.1) is 0 Å². The number of primary amides is 1. The molecule has 3 aromatic carbocycles. The molecule has 0 fully saturated rings. The highest BCUT2D eigenvalue weighted by atomic mass is 16.6. The number of anilines is 1. The van der Waals surface area contributed by atoms with E-state index in [2.05, 4.69) is 10.6 Å². The highest BCUT2D eigenvalue weighted by Crippen LogP contribution is 2.45. The molecule has 3 aromatic rings. The number of rotatable bonds is 9. The van der Waals surface area contributed by atoms with Crippen LogP contribution in [-0.4, -0.2) is 47.7 Å². The average molecular weight is 503 g/mol. The van der Waals surface area contributed by atoms with Crippen LogP contribution in [0.2, 0.25) is 0 Å². The summed E-state index contributed by atoms with van der Waals surface area (Å²) >= 11 is 0. The van der Waals surface area contributed by atoms with Crippen molar-refractivity contribution in [1.82, 2.24) is 10.2 Å². The predicted molar refractivity (Wildman–Crippen MR) is 140 cm³/mol. The normalized spacial score (nSPS) is 12.7. The summed E-state index contributed by atoms with van der Waals surface area (Å²) in [5.41, 5.74) is 10.2. The Morgan fingerprint density at radius 2 is 1.57 bits per heavy atom. The number of urea groups is 1. The van der Waals surface area contributed by atoms with Gasteiger partial charge in [0.2, 0.25) is 5.91 Å². The molecule has 0 aromatic heterocycles. The Hall–Kier alpha value is -4.37. The summed E-state index contributed by atoms with van der Waals surface area (Å²) < 4.78 is 5.97. The van der Waals surface area contributed by atoms with Gasteiger partial charge in [0.1, 0.15) is 6.04 Å². The molecular formula is C28H30N4O5. The number of fused-ring (bicyclic) bond motifs is 3. The molecule has 5 N–H and O–H groups in total. The average Bonchev–Trinajstić information content (AvgIpc) is 3.22. The second kappa shape index (κ2) is 11.6. The molecule has 4 amide bonds. The first-order valence-electron chi connectivity index (χ1n) is 12.0. The number of likely N-dealkylation sites (N-methyl/N-ethyl adjacent to an activating group) is 1. The van der Waals surface area contributed by atoms with Gasteiger partial charge in [-0.2, -0.15) is 0 Å². The number of nitrogens with one attached hydrogen (secondary N) is 2. The van der Waals surface area contributed by atoms with Gasteiger partial charge in [0.25, 0.3) is 0 Å². The lowest BCUT2D eigenvalue weighted by molar-refractivity contribution is -0.120. The number of benzene rings is 3. The van der Waals surface area contributed by atoms with Gasteiger partial charge < -0.3 is 26.2 Å². The van der Waals surface area contributed by atoms with Gasteiger partial charge in [0, 0.05) is 30.4 Å². The van der Waals surface area contributed by atoms with Crippen molar-refractivity contribution >= 4 is 23.7 Å². The van der Waals surface area contributed by atoms with Crippen LogP contribution in [0.1, 0.15) is 35.6 Å². The van der Waals surface area contributed by atoms with Crippen molar-refractivity contribution in [3.05, 3.63) is 89.5 Å². The maximum atomic E-state index is 13.3. The Morgan fingerprint density at radius 3 is 2.14 bits per heavy atom. The van der Waals surface area contributed by atoms with E-state index in [-0.39, 0.29) is 19.6 Å². The minimum atomic E-state index is -0.869. The third-order valence-corrected chi connectivity index (χ3v) is 6.41. The predicted octanol–water partition coefficient (Wildman–Crippen LogP) is 3.77. The zero-order valence-corrected chi connectivity index (χ0v) is 20.5. The largest absolute Gasteiger partial charge is 0.436 e. The topological polar surface area (TPSA) is 134 Å². The van der Waals surface area contributed by atoms with Crippen LogP contribution in [0.4, 0.5) is 15.3 Å². The Balaban J connectivity index is 1.51. The summed E-state index contributed by atoms with van der Waals surface area (Å²) in [6.45, 7) is 0.155. The molecule has 0 aliphatic heterocycles. The highest BCUT2D eigenvalue weighted by Gasteiger charge is 2.34. The van der Waals surface area contributed by atoms with Crippen LogP contribution in [0.25, 0.3) is 11.1 Å². The van der Waals surface area contributed by atoms with Gasteiger partial charge in [0.15, 0.2) is 6.10 Å². The van der Waals surface area contributed by atoms with Crippen LogP contribution in [0.15, 0.2) is 72.8 Å². The molecule has 37 heavy (non-hydrogen) atoms. The standard InChI is InChI=1S/C28H30N4O5/c1-32(28(36)37-25-22-9-4-2-7-20(22)21-8-3-5-10-23(21)25)24(11-6-16-30-27(29)35)26(34)31-19-14-12-18(17-33)13-15-19/h2-5,7-10,12-15,24-25,33H,6,11,16-17H2,1H3,(H,31,34)(H3,29,30,35)/t24-/m0/s1. The number of hydrogen-bond donors (Lipinski definition) is 4. The van der Waals surface area contributed by atoms with Crippen molar-refractivity contribution in [2.24, 2.45) is 5.73 Å². The first-order valence-corrected chi connectivity index (χ1v) is 12.0. The fourth-order valence-corrected chi connectivity index (χ4v) is 4.47. The third-order valence-electron chi connectivity index (χ3n) is 6.41. The number of amides is 4. The maximum absolute atomic E-state index is 13.3. The molecule has 9 heteroatoms. The summed E-state index contributed by atoms with van der Waals surface area (Å²) in [4.78, 5) is 38.9. The number of nitrogens with two attached hydrogens (primary N) is 1. The molecule has 1 aliphatic rings. The second-order valence-electron chi connectivity index (χ2n) is 8.84. The Labute approximate surface area is 215 Å². The van der Waals surface area contributed by atoms with Gasteiger partial charge in [-0.3, -0.25) is 9.69 Å². The minimum absolute atomic E-state index is 0.105. The van der Waals surface area contributed by atoms with Crippen LogP contribution >= 0.6 is 0 Å². The van der Waals surface area contributed by atoms with Crippen LogP contribution in [0.5, 0.6) is 0 Å². The van der Waals surface area contributed by atoms with Gasteiger partial charge in [-0.25, -0.2) is 9.59 Å². The first kappa shape index (κ1) is 25.7. The summed E-state index contributed by atoms with van der Waals surface area (Å²) in [7, 11) is 1.52. The fourth-order valence-electron chi connectivity index (χ4n) is 4.47. The zero-order valence-electron chi connectivity index (χ0n) is 20.5. The van der Waals surface area contributed by atoms with Crippen LogP contribution in [-0.2, 0) is 16.1 Å². The van der Waals surface area contributed by atoms with E-state index >= 15 is 0 Å². The van der Waals surface area contributed by atoms with E-state index in [0.29, 0.717) is 17.7 Å². The first-order chi connectivity index (χ1) is 17.9. The molecule has 0 unspecified atom stereocenters. The SMILES string of the molecule is CN(C(=O)OC1c2ccccc2-c2ccccc21)[C@@H](CCCNC(N)=O)C(=O)Nc1ccc(CO)cc1. The summed E-state index contributed by atoms with van der Waals surface area (Å²) in [6, 6.07) is 20.8. The maximum Gasteiger partial charge on any atom is 0.411 e. The van der Waals surface area contributed by atoms with E-state index in [1.54, 1.807) is 24.3 Å². The van der Waals surface area contributed by atoms with Gasteiger partial charge in [0.05, 0.1) is 6.61 Å². The van der Waals surface area contributed by atoms with E-state index in [9.17, 15) is 19.5 Å². The number of carbonyl (C=O) groups excluding carboxylic acids is 3. The van der Waals surface area contributed by atoms with E-state index in [1.807, 2.05) is 48.5 Å². The molecule has 0 saturated heterocycles. The number of nitrogens with zero attached hydrogens (tertiary/aromatic N) is 1. The van der Waals surface area contributed by atoms with Crippen LogP contribution in [0, 0.1) is 0 Å². The molecule has 9 nitrogen and oxygen atoms in total. The quantitative estimate of drug-likeness (QED) is 0.331. The molecule has 0 spiro atoms. The van der Waals surface area contributed by atoms with Crippen molar-refractivity contribution in [2.75, 3.05) is 18.9 Å². The lowest BCUT2D eigenvalue weighted by atomic mass is 10.1. The Bertz CT molecular complexity index is 1230. The number of hydrogen-bond acceptors (Lipinski definition) is 5.